The van der Waals surface area contributed by atoms with Gasteiger partial charge in [-0.05, 0) is 49.6 Å². The Hall–Kier alpha value is -3.23. The molecule has 2 aromatic rings. The first-order valence-electron chi connectivity index (χ1n) is 10.4. The van der Waals surface area contributed by atoms with Crippen LogP contribution in [0.25, 0.3) is 0 Å². The van der Waals surface area contributed by atoms with Crippen LogP contribution in [-0.4, -0.2) is 39.5 Å². The molecule has 8 nitrogen and oxygen atoms in total. The summed E-state index contributed by atoms with van der Waals surface area (Å²) in [5, 5.41) is 22.9. The van der Waals surface area contributed by atoms with Crippen LogP contribution < -0.4 is 10.2 Å². The lowest BCUT2D eigenvalue weighted by Gasteiger charge is -2.30. The zero-order valence-electron chi connectivity index (χ0n) is 18.3. The number of carbonyl (C=O) groups excluding carboxylic acids is 2. The molecule has 0 saturated carbocycles. The van der Waals surface area contributed by atoms with Crippen molar-refractivity contribution < 1.29 is 29.4 Å². The molecule has 2 aliphatic heterocycles. The van der Waals surface area contributed by atoms with E-state index in [4.69, 9.17) is 11.6 Å². The van der Waals surface area contributed by atoms with Crippen LogP contribution in [0.4, 0.5) is 5.69 Å². The van der Waals surface area contributed by atoms with Gasteiger partial charge in [0.2, 0.25) is 11.8 Å². The van der Waals surface area contributed by atoms with Gasteiger partial charge >= 0.3 is 11.9 Å². The van der Waals surface area contributed by atoms with Gasteiger partial charge in [0.05, 0.1) is 23.9 Å². The quantitative estimate of drug-likeness (QED) is 0.574. The molecule has 2 aliphatic rings. The van der Waals surface area contributed by atoms with Crippen molar-refractivity contribution in [3.05, 3.63) is 63.7 Å². The van der Waals surface area contributed by atoms with E-state index in [0.29, 0.717) is 10.6 Å². The maximum Gasteiger partial charge on any atom is 0.325 e. The second kappa shape index (κ2) is 7.97. The lowest BCUT2D eigenvalue weighted by Crippen LogP contribution is -2.57. The summed E-state index contributed by atoms with van der Waals surface area (Å²) < 4.78 is 0. The molecule has 2 saturated heterocycles. The van der Waals surface area contributed by atoms with Gasteiger partial charge in [0.15, 0.2) is 0 Å². The molecule has 4 rings (SSSR count). The van der Waals surface area contributed by atoms with Gasteiger partial charge in [-0.2, -0.15) is 0 Å². The summed E-state index contributed by atoms with van der Waals surface area (Å²) in [5.41, 5.74) is 1.17. The Balaban J connectivity index is 1.91. The average molecular weight is 471 g/mol. The van der Waals surface area contributed by atoms with Crippen LogP contribution in [0.15, 0.2) is 36.4 Å². The SMILES string of the molecule is Cc1ccc(C)c(C2NC(CC(=O)O)(C(=O)O)C3C(=O)N(c4ccc(C)c(Cl)c4)C(=O)C23)c1. The van der Waals surface area contributed by atoms with E-state index in [1.807, 2.05) is 32.0 Å². The van der Waals surface area contributed by atoms with Crippen molar-refractivity contribution in [3.63, 3.8) is 0 Å². The third-order valence-electron chi connectivity index (χ3n) is 6.65. The topological polar surface area (TPSA) is 124 Å². The van der Waals surface area contributed by atoms with E-state index in [2.05, 4.69) is 5.32 Å². The molecule has 3 N–H and O–H groups in total. The van der Waals surface area contributed by atoms with Gasteiger partial charge in [0.25, 0.3) is 0 Å². The number of benzene rings is 2. The fourth-order valence-corrected chi connectivity index (χ4v) is 5.19. The van der Waals surface area contributed by atoms with E-state index in [9.17, 15) is 29.4 Å². The van der Waals surface area contributed by atoms with Gasteiger partial charge in [-0.25, -0.2) is 4.90 Å². The third-order valence-corrected chi connectivity index (χ3v) is 7.06. The molecule has 4 atom stereocenters. The fraction of sp³-hybridized carbons (Fsp3) is 0.333. The summed E-state index contributed by atoms with van der Waals surface area (Å²) in [6, 6.07) is 9.41. The number of imide groups is 1. The number of fused-ring (bicyclic) bond motifs is 1. The molecule has 172 valence electrons. The van der Waals surface area contributed by atoms with Crippen molar-refractivity contribution in [2.75, 3.05) is 4.90 Å². The smallest absolute Gasteiger partial charge is 0.325 e. The van der Waals surface area contributed by atoms with E-state index >= 15 is 0 Å². The van der Waals surface area contributed by atoms with Crippen molar-refractivity contribution >= 4 is 41.0 Å². The highest BCUT2D eigenvalue weighted by Crippen LogP contribution is 2.51. The number of rotatable bonds is 5. The minimum absolute atomic E-state index is 0.226. The molecule has 0 radical (unpaired) electrons. The van der Waals surface area contributed by atoms with Crippen LogP contribution in [0, 0.1) is 32.6 Å². The monoisotopic (exact) mass is 470 g/mol. The van der Waals surface area contributed by atoms with Crippen LogP contribution in [-0.2, 0) is 19.2 Å². The molecule has 0 aromatic heterocycles. The Morgan fingerprint density at radius 2 is 1.70 bits per heavy atom. The average Bonchev–Trinajstić information content (AvgIpc) is 3.20. The predicted molar refractivity (Wildman–Crippen MR) is 120 cm³/mol. The third kappa shape index (κ3) is 3.50. The molecule has 0 spiro atoms. The summed E-state index contributed by atoms with van der Waals surface area (Å²) >= 11 is 6.21. The molecule has 0 aliphatic carbocycles. The first kappa shape index (κ1) is 22.9. The highest BCUT2D eigenvalue weighted by molar-refractivity contribution is 6.32. The zero-order valence-corrected chi connectivity index (χ0v) is 19.0. The molecule has 4 unspecified atom stereocenters. The van der Waals surface area contributed by atoms with E-state index in [0.717, 1.165) is 21.6 Å². The maximum absolute atomic E-state index is 13.7. The summed E-state index contributed by atoms with van der Waals surface area (Å²) in [4.78, 5) is 52.4. The van der Waals surface area contributed by atoms with Crippen molar-refractivity contribution in [3.8, 4) is 0 Å². The van der Waals surface area contributed by atoms with E-state index < -0.39 is 53.6 Å². The molecular formula is C24H23ClN2O6. The van der Waals surface area contributed by atoms with Gasteiger partial charge in [-0.15, -0.1) is 0 Å². The molecular weight excluding hydrogens is 448 g/mol. The van der Waals surface area contributed by atoms with Crippen LogP contribution >= 0.6 is 11.6 Å². The van der Waals surface area contributed by atoms with E-state index in [1.54, 1.807) is 19.1 Å². The summed E-state index contributed by atoms with van der Waals surface area (Å²) in [6.07, 6.45) is -0.855. The van der Waals surface area contributed by atoms with E-state index in [1.165, 1.54) is 6.07 Å². The molecule has 0 bridgehead atoms. The van der Waals surface area contributed by atoms with Gasteiger partial charge in [0.1, 0.15) is 5.54 Å². The Kier molecular flexibility index (Phi) is 5.54. The zero-order chi connectivity index (χ0) is 24.2. The van der Waals surface area contributed by atoms with Gasteiger partial charge < -0.3 is 10.2 Å². The summed E-state index contributed by atoms with van der Waals surface area (Å²) in [6.45, 7) is 5.46. The van der Waals surface area contributed by atoms with Crippen molar-refractivity contribution in [1.29, 1.82) is 0 Å². The highest BCUT2D eigenvalue weighted by atomic mass is 35.5. The first-order chi connectivity index (χ1) is 15.5. The van der Waals surface area contributed by atoms with Gasteiger partial charge in [-0.1, -0.05) is 41.4 Å². The molecule has 9 heteroatoms. The lowest BCUT2D eigenvalue weighted by atomic mass is 9.77. The summed E-state index contributed by atoms with van der Waals surface area (Å²) in [7, 11) is 0. The summed E-state index contributed by atoms with van der Waals surface area (Å²) in [5.74, 6) is -6.71. The molecule has 2 amide bonds. The van der Waals surface area contributed by atoms with E-state index in [-0.39, 0.29) is 5.69 Å². The largest absolute Gasteiger partial charge is 0.481 e. The van der Waals surface area contributed by atoms with Crippen LogP contribution in [0.5, 0.6) is 0 Å². The number of halogens is 1. The minimum Gasteiger partial charge on any atom is -0.481 e. The lowest BCUT2D eigenvalue weighted by molar-refractivity contribution is -0.154. The second-order valence-electron chi connectivity index (χ2n) is 8.78. The maximum atomic E-state index is 13.7. The number of carbonyl (C=O) groups is 4. The second-order valence-corrected chi connectivity index (χ2v) is 9.19. The number of aryl methyl sites for hydroxylation is 3. The molecule has 2 aromatic carbocycles. The number of nitrogens with zero attached hydrogens (tertiary/aromatic N) is 1. The Morgan fingerprint density at radius 3 is 2.30 bits per heavy atom. The molecule has 2 heterocycles. The highest BCUT2D eigenvalue weighted by Gasteiger charge is 2.69. The van der Waals surface area contributed by atoms with Crippen molar-refractivity contribution in [2.24, 2.45) is 11.8 Å². The number of amides is 2. The van der Waals surface area contributed by atoms with Crippen LogP contribution in [0.2, 0.25) is 5.02 Å². The number of carboxylic acid groups (broad SMARTS) is 2. The van der Waals surface area contributed by atoms with Gasteiger partial charge in [0, 0.05) is 11.1 Å². The standard InChI is InChI=1S/C24H23ClN2O6/c1-11-4-5-12(2)15(8-11)20-18-19(24(26-20,23(32)33)10-17(28)29)22(31)27(21(18)30)14-7-6-13(3)16(25)9-14/h4-9,18-20,26H,10H2,1-3H3,(H,28,29)(H,32,33). The first-order valence-corrected chi connectivity index (χ1v) is 10.8. The fourth-order valence-electron chi connectivity index (χ4n) is 5.01. The number of hydrogen-bond donors (Lipinski definition) is 3. The predicted octanol–water partition coefficient (Wildman–Crippen LogP) is 3.01. The molecule has 2 fully saturated rings. The number of carboxylic acids is 2. The Morgan fingerprint density at radius 1 is 1.03 bits per heavy atom. The number of nitrogens with one attached hydrogen (secondary N) is 1. The van der Waals surface area contributed by atoms with Gasteiger partial charge in [-0.3, -0.25) is 24.5 Å². The minimum atomic E-state index is -2.15. The number of aliphatic carboxylic acids is 2. The van der Waals surface area contributed by atoms with Crippen molar-refractivity contribution in [1.82, 2.24) is 5.32 Å². The molecule has 33 heavy (non-hydrogen) atoms. The van der Waals surface area contributed by atoms with Crippen molar-refractivity contribution in [2.45, 2.75) is 38.8 Å². The normalized spacial score (nSPS) is 26.5. The number of anilines is 1. The number of hydrogen-bond acceptors (Lipinski definition) is 5. The Bertz CT molecular complexity index is 1210. The van der Waals surface area contributed by atoms with Crippen LogP contribution in [0.1, 0.15) is 34.7 Å². The van der Waals surface area contributed by atoms with Crippen LogP contribution in [0.3, 0.4) is 0 Å². The Labute approximate surface area is 195 Å².